The van der Waals surface area contributed by atoms with Gasteiger partial charge in [-0.3, -0.25) is 9.59 Å². The Morgan fingerprint density at radius 2 is 2.00 bits per heavy atom. The topological polar surface area (TPSA) is 46.6 Å². The van der Waals surface area contributed by atoms with Gasteiger partial charge in [-0.25, -0.2) is 0 Å². The molecule has 22 heavy (non-hydrogen) atoms. The van der Waals surface area contributed by atoms with Crippen LogP contribution in [0.5, 0.6) is 0 Å². The van der Waals surface area contributed by atoms with Gasteiger partial charge in [-0.2, -0.15) is 0 Å². The molecule has 1 aromatic rings. The number of nitrogens with zero attached hydrogens (tertiary/aromatic N) is 1. The first kappa shape index (κ1) is 15.5. The zero-order chi connectivity index (χ0) is 15.5. The smallest absolute Gasteiger partial charge is 0.309 e. The lowest BCUT2D eigenvalue weighted by molar-refractivity contribution is -0.149. The number of carbonyl (C=O) groups excluding carboxylic acids is 2. The molecule has 1 amide bonds. The number of carbonyl (C=O) groups is 2. The molecule has 1 aliphatic heterocycles. The molecule has 1 fully saturated rings. The van der Waals surface area contributed by atoms with Crippen LogP contribution in [0.4, 0.5) is 0 Å². The second-order valence-corrected chi connectivity index (χ2v) is 6.91. The molecule has 0 atom stereocenters. The Hall–Kier alpha value is -1.36. The zero-order valence-corrected chi connectivity index (χ0v) is 13.8. The summed E-state index contributed by atoms with van der Waals surface area (Å²) in [7, 11) is 0. The molecule has 5 heteroatoms. The summed E-state index contributed by atoms with van der Waals surface area (Å²) in [5.74, 6) is -0.0693. The number of fused-ring (bicyclic) bond motifs is 1. The maximum Gasteiger partial charge on any atom is 0.309 e. The van der Waals surface area contributed by atoms with Crippen molar-refractivity contribution in [2.75, 3.05) is 19.7 Å². The van der Waals surface area contributed by atoms with E-state index >= 15 is 0 Å². The number of likely N-dealkylation sites (tertiary alicyclic amines) is 1. The number of aryl methyl sites for hydroxylation is 1. The van der Waals surface area contributed by atoms with Gasteiger partial charge in [-0.15, -0.1) is 11.3 Å². The molecule has 0 unspecified atom stereocenters. The average Bonchev–Trinajstić information content (AvgIpc) is 2.98. The summed E-state index contributed by atoms with van der Waals surface area (Å²) in [6.07, 6.45) is 5.90. The van der Waals surface area contributed by atoms with Crippen LogP contribution >= 0.6 is 11.3 Å². The lowest BCUT2D eigenvalue weighted by Crippen LogP contribution is -2.40. The second-order valence-electron chi connectivity index (χ2n) is 6.01. The van der Waals surface area contributed by atoms with Gasteiger partial charge in [-0.05, 0) is 51.0 Å². The fourth-order valence-corrected chi connectivity index (χ4v) is 4.35. The third-order valence-electron chi connectivity index (χ3n) is 4.61. The standard InChI is InChI=1S/C17H22NO3S/c1-2-21-17(20)12-7-9-18(10-8-12)16(19)14-11-22-15-6-4-3-5-13(14)15/h12H,2-10H2,1H3. The third-order valence-corrected chi connectivity index (χ3v) is 5.61. The fourth-order valence-electron chi connectivity index (χ4n) is 3.34. The van der Waals surface area contributed by atoms with Crippen molar-refractivity contribution in [2.24, 2.45) is 5.92 Å². The number of hydrogen-bond acceptors (Lipinski definition) is 4. The van der Waals surface area contributed by atoms with Crippen molar-refractivity contribution in [1.29, 1.82) is 0 Å². The summed E-state index contributed by atoms with van der Waals surface area (Å²) in [5, 5.41) is 3.23. The molecule has 1 radical (unpaired) electrons. The number of amides is 1. The average molecular weight is 320 g/mol. The van der Waals surface area contributed by atoms with Gasteiger partial charge in [0.2, 0.25) is 0 Å². The van der Waals surface area contributed by atoms with E-state index in [0.29, 0.717) is 32.5 Å². The molecule has 2 heterocycles. The normalized spacial score (nSPS) is 18.9. The molecule has 1 saturated heterocycles. The number of rotatable bonds is 3. The Kier molecular flexibility index (Phi) is 4.81. The minimum atomic E-state index is -0.117. The van der Waals surface area contributed by atoms with Gasteiger partial charge in [0.15, 0.2) is 0 Å². The molecular formula is C17H22NO3S. The van der Waals surface area contributed by atoms with E-state index in [1.807, 2.05) is 11.8 Å². The maximum atomic E-state index is 12.7. The van der Waals surface area contributed by atoms with Crippen molar-refractivity contribution < 1.29 is 14.3 Å². The first-order valence-electron chi connectivity index (χ1n) is 8.18. The van der Waals surface area contributed by atoms with Crippen molar-refractivity contribution in [3.05, 3.63) is 21.4 Å². The van der Waals surface area contributed by atoms with Crippen LogP contribution in [0.1, 0.15) is 53.4 Å². The Morgan fingerprint density at radius 1 is 1.27 bits per heavy atom. The Balaban J connectivity index is 1.63. The molecule has 1 aliphatic carbocycles. The summed E-state index contributed by atoms with van der Waals surface area (Å²) in [5.41, 5.74) is 2.02. The van der Waals surface area contributed by atoms with Crippen LogP contribution in [0.3, 0.4) is 0 Å². The van der Waals surface area contributed by atoms with Crippen LogP contribution in [0.25, 0.3) is 0 Å². The van der Waals surface area contributed by atoms with Gasteiger partial charge in [-0.1, -0.05) is 0 Å². The van der Waals surface area contributed by atoms with Crippen LogP contribution in [0.2, 0.25) is 0 Å². The summed E-state index contributed by atoms with van der Waals surface area (Å²) in [6, 6.07) is 0. The first-order chi connectivity index (χ1) is 10.7. The lowest BCUT2D eigenvalue weighted by Gasteiger charge is -2.31. The predicted molar refractivity (Wildman–Crippen MR) is 85.1 cm³/mol. The molecule has 3 rings (SSSR count). The summed E-state index contributed by atoms with van der Waals surface area (Å²) >= 11 is 1.61. The van der Waals surface area contributed by atoms with Crippen LogP contribution < -0.4 is 0 Å². The quantitative estimate of drug-likeness (QED) is 0.805. The SMILES string of the molecule is CCOC(=O)C1CCN(C(=O)c2[c]sc3c2CCCC3)CC1. The number of thiophene rings is 1. The highest BCUT2D eigenvalue weighted by atomic mass is 32.1. The highest BCUT2D eigenvalue weighted by Crippen LogP contribution is 2.31. The van der Waals surface area contributed by atoms with Gasteiger partial charge in [0, 0.05) is 18.0 Å². The van der Waals surface area contributed by atoms with Crippen LogP contribution in [0.15, 0.2) is 0 Å². The van der Waals surface area contributed by atoms with E-state index in [1.165, 1.54) is 23.3 Å². The van der Waals surface area contributed by atoms with Gasteiger partial charge >= 0.3 is 5.97 Å². The van der Waals surface area contributed by atoms with Gasteiger partial charge in [0.05, 0.1) is 23.5 Å². The zero-order valence-electron chi connectivity index (χ0n) is 13.0. The molecule has 0 N–H and O–H groups in total. The number of hydrogen-bond donors (Lipinski definition) is 0. The molecule has 0 bridgehead atoms. The molecule has 0 aromatic carbocycles. The molecule has 4 nitrogen and oxygen atoms in total. The summed E-state index contributed by atoms with van der Waals surface area (Å²) in [4.78, 5) is 27.7. The highest BCUT2D eigenvalue weighted by Gasteiger charge is 2.30. The number of piperidine rings is 1. The van der Waals surface area contributed by atoms with Crippen molar-refractivity contribution in [2.45, 2.75) is 45.4 Å². The molecule has 0 saturated carbocycles. The van der Waals surface area contributed by atoms with Crippen molar-refractivity contribution in [3.63, 3.8) is 0 Å². The largest absolute Gasteiger partial charge is 0.466 e. The predicted octanol–water partition coefficient (Wildman–Crippen LogP) is 2.84. The van der Waals surface area contributed by atoms with E-state index in [-0.39, 0.29) is 17.8 Å². The summed E-state index contributed by atoms with van der Waals surface area (Å²) < 4.78 is 5.08. The van der Waals surface area contributed by atoms with Crippen LogP contribution in [-0.2, 0) is 22.4 Å². The second kappa shape index (κ2) is 6.82. The number of esters is 1. The lowest BCUT2D eigenvalue weighted by atomic mass is 9.93. The van der Waals surface area contributed by atoms with E-state index in [1.54, 1.807) is 11.3 Å². The number of ether oxygens (including phenoxy) is 1. The van der Waals surface area contributed by atoms with E-state index < -0.39 is 0 Å². The molecule has 119 valence electrons. The minimum absolute atomic E-state index is 0.0515. The van der Waals surface area contributed by atoms with Crippen molar-refractivity contribution >= 4 is 23.2 Å². The molecule has 2 aliphatic rings. The monoisotopic (exact) mass is 320 g/mol. The Morgan fingerprint density at radius 3 is 2.73 bits per heavy atom. The maximum absolute atomic E-state index is 12.7. The van der Waals surface area contributed by atoms with Gasteiger partial charge in [0.1, 0.15) is 0 Å². The minimum Gasteiger partial charge on any atom is -0.466 e. The third kappa shape index (κ3) is 3.05. The van der Waals surface area contributed by atoms with E-state index in [2.05, 4.69) is 5.38 Å². The van der Waals surface area contributed by atoms with Crippen molar-refractivity contribution in [1.82, 2.24) is 4.90 Å². The van der Waals surface area contributed by atoms with Gasteiger partial charge in [0.25, 0.3) is 5.91 Å². The van der Waals surface area contributed by atoms with Crippen LogP contribution in [0, 0.1) is 11.3 Å². The Labute approximate surface area is 135 Å². The first-order valence-corrected chi connectivity index (χ1v) is 9.00. The Bertz CT molecular complexity index is 558. The molecule has 0 spiro atoms. The van der Waals surface area contributed by atoms with Crippen LogP contribution in [-0.4, -0.2) is 36.5 Å². The van der Waals surface area contributed by atoms with E-state index in [4.69, 9.17) is 4.74 Å². The fraction of sp³-hybridized carbons (Fsp3) is 0.647. The molecular weight excluding hydrogens is 298 g/mol. The summed E-state index contributed by atoms with van der Waals surface area (Å²) in [6.45, 7) is 3.53. The van der Waals surface area contributed by atoms with Gasteiger partial charge < -0.3 is 9.64 Å². The molecule has 1 aromatic heterocycles. The van der Waals surface area contributed by atoms with Crippen molar-refractivity contribution in [3.8, 4) is 0 Å². The van der Waals surface area contributed by atoms with E-state index in [9.17, 15) is 9.59 Å². The highest BCUT2D eigenvalue weighted by molar-refractivity contribution is 7.10. The van der Waals surface area contributed by atoms with E-state index in [0.717, 1.165) is 18.4 Å².